The van der Waals surface area contributed by atoms with E-state index in [1.54, 1.807) is 13.8 Å². The summed E-state index contributed by atoms with van der Waals surface area (Å²) >= 11 is 0. The third-order valence-corrected chi connectivity index (χ3v) is 4.83. The third kappa shape index (κ3) is 5.19. The Balaban J connectivity index is 1.88. The predicted molar refractivity (Wildman–Crippen MR) is 109 cm³/mol. The van der Waals surface area contributed by atoms with Gasteiger partial charge in [0.15, 0.2) is 0 Å². The summed E-state index contributed by atoms with van der Waals surface area (Å²) in [5, 5.41) is 0. The van der Waals surface area contributed by atoms with E-state index in [2.05, 4.69) is 15.0 Å². The number of nitrogens with one attached hydrogen (secondary N) is 3. The molecule has 3 aromatic heterocycles. The fourth-order valence-electron chi connectivity index (χ4n) is 3.51. The van der Waals surface area contributed by atoms with Gasteiger partial charge in [0.05, 0.1) is 26.1 Å². The molecule has 3 rings (SSSR count). The second-order valence-corrected chi connectivity index (χ2v) is 6.74. The van der Waals surface area contributed by atoms with Crippen LogP contribution in [0.4, 0.5) is 0 Å². The number of ether oxygens (including phenoxy) is 2. The van der Waals surface area contributed by atoms with Crippen LogP contribution in [0.1, 0.15) is 61.3 Å². The highest BCUT2D eigenvalue weighted by Gasteiger charge is 2.25. The fourth-order valence-corrected chi connectivity index (χ4v) is 3.51. The van der Waals surface area contributed by atoms with Gasteiger partial charge in [-0.05, 0) is 50.2 Å². The minimum Gasteiger partial charge on any atom is -0.466 e. The number of aromatic amines is 3. The zero-order chi connectivity index (χ0) is 20.6. The van der Waals surface area contributed by atoms with Crippen LogP contribution in [0, 0.1) is 0 Å². The highest BCUT2D eigenvalue weighted by molar-refractivity contribution is 5.72. The maximum absolute atomic E-state index is 12.2. The lowest BCUT2D eigenvalue weighted by atomic mass is 9.98. The molecule has 0 aliphatic heterocycles. The van der Waals surface area contributed by atoms with Crippen molar-refractivity contribution in [2.24, 2.45) is 0 Å². The normalized spacial score (nSPS) is 13.0. The van der Waals surface area contributed by atoms with Gasteiger partial charge in [0.1, 0.15) is 0 Å². The van der Waals surface area contributed by atoms with E-state index >= 15 is 0 Å². The number of hydrogen-bond acceptors (Lipinski definition) is 4. The second-order valence-electron chi connectivity index (χ2n) is 6.74. The molecule has 29 heavy (non-hydrogen) atoms. The molecule has 0 fully saturated rings. The van der Waals surface area contributed by atoms with E-state index < -0.39 is 0 Å². The van der Waals surface area contributed by atoms with Crippen molar-refractivity contribution in [1.29, 1.82) is 0 Å². The van der Waals surface area contributed by atoms with Gasteiger partial charge in [-0.3, -0.25) is 9.59 Å². The molecule has 7 heteroatoms. The number of carbonyl (C=O) groups excluding carboxylic acids is 2. The van der Waals surface area contributed by atoms with E-state index in [0.29, 0.717) is 13.2 Å². The Bertz CT molecular complexity index is 824. The molecule has 0 saturated heterocycles. The van der Waals surface area contributed by atoms with Crippen molar-refractivity contribution >= 4 is 11.9 Å². The highest BCUT2D eigenvalue weighted by Crippen LogP contribution is 2.32. The molecule has 0 radical (unpaired) electrons. The van der Waals surface area contributed by atoms with E-state index in [4.69, 9.17) is 9.47 Å². The van der Waals surface area contributed by atoms with Gasteiger partial charge >= 0.3 is 11.9 Å². The number of esters is 2. The Morgan fingerprint density at radius 1 is 0.759 bits per heavy atom. The minimum absolute atomic E-state index is 0.190. The van der Waals surface area contributed by atoms with Gasteiger partial charge in [0.2, 0.25) is 0 Å². The minimum atomic E-state index is -0.254. The summed E-state index contributed by atoms with van der Waals surface area (Å²) in [6, 6.07) is 11.6. The molecule has 3 aromatic rings. The van der Waals surface area contributed by atoms with Crippen LogP contribution in [0.15, 0.2) is 48.8 Å². The molecule has 0 spiro atoms. The van der Waals surface area contributed by atoms with Crippen LogP contribution < -0.4 is 0 Å². The Morgan fingerprint density at radius 3 is 1.55 bits per heavy atom. The topological polar surface area (TPSA) is 100.0 Å². The lowest BCUT2D eigenvalue weighted by Crippen LogP contribution is -2.14. The summed E-state index contributed by atoms with van der Waals surface area (Å²) in [5.74, 6) is -0.888. The number of hydrogen-bond donors (Lipinski definition) is 3. The molecule has 0 saturated carbocycles. The average molecular weight is 397 g/mol. The van der Waals surface area contributed by atoms with Crippen molar-refractivity contribution in [1.82, 2.24) is 15.0 Å². The predicted octanol–water partition coefficient (Wildman–Crippen LogP) is 3.84. The molecule has 3 heterocycles. The molecule has 2 atom stereocenters. The van der Waals surface area contributed by atoms with Gasteiger partial charge in [-0.2, -0.15) is 0 Å². The van der Waals surface area contributed by atoms with E-state index in [1.165, 1.54) is 0 Å². The Kier molecular flexibility index (Phi) is 6.94. The fraction of sp³-hybridized carbons (Fsp3) is 0.364. The van der Waals surface area contributed by atoms with Gasteiger partial charge in [-0.1, -0.05) is 0 Å². The molecular formula is C22H27N3O4. The maximum atomic E-state index is 12.2. The van der Waals surface area contributed by atoms with Crippen molar-refractivity contribution in [2.45, 2.75) is 38.5 Å². The summed E-state index contributed by atoms with van der Waals surface area (Å²) in [7, 11) is 0. The first-order valence-electron chi connectivity index (χ1n) is 9.89. The van der Waals surface area contributed by atoms with E-state index in [-0.39, 0.29) is 36.6 Å². The molecular weight excluding hydrogens is 370 g/mol. The smallest absolute Gasteiger partial charge is 0.306 e. The van der Waals surface area contributed by atoms with Crippen LogP contribution in [-0.2, 0) is 19.1 Å². The zero-order valence-corrected chi connectivity index (χ0v) is 16.7. The quantitative estimate of drug-likeness (QED) is 0.453. The Morgan fingerprint density at radius 2 is 1.21 bits per heavy atom. The Hall–Kier alpha value is -3.22. The van der Waals surface area contributed by atoms with Crippen molar-refractivity contribution in [3.8, 4) is 0 Å². The van der Waals surface area contributed by atoms with Crippen LogP contribution in [0.25, 0.3) is 0 Å². The van der Waals surface area contributed by atoms with E-state index in [0.717, 1.165) is 22.8 Å². The molecule has 0 amide bonds. The zero-order valence-electron chi connectivity index (χ0n) is 16.7. The SMILES string of the molecule is CCOC(=O)CC(c1ccc[nH]1)c1ccc(C(CC(=O)OCC)c2ccc[nH]2)[nH]1. The van der Waals surface area contributed by atoms with Gasteiger partial charge in [0, 0.05) is 47.0 Å². The first-order chi connectivity index (χ1) is 14.1. The molecule has 154 valence electrons. The van der Waals surface area contributed by atoms with E-state index in [9.17, 15) is 9.59 Å². The van der Waals surface area contributed by atoms with Gasteiger partial charge in [-0.25, -0.2) is 0 Å². The van der Waals surface area contributed by atoms with Crippen molar-refractivity contribution in [2.75, 3.05) is 13.2 Å². The first-order valence-corrected chi connectivity index (χ1v) is 9.89. The molecule has 0 aliphatic carbocycles. The van der Waals surface area contributed by atoms with Gasteiger partial charge < -0.3 is 24.4 Å². The highest BCUT2D eigenvalue weighted by atomic mass is 16.5. The molecule has 3 N–H and O–H groups in total. The summed E-state index contributed by atoms with van der Waals surface area (Å²) in [6.07, 6.45) is 4.11. The van der Waals surface area contributed by atoms with Crippen LogP contribution in [-0.4, -0.2) is 40.1 Å². The number of carbonyl (C=O) groups is 2. The molecule has 0 aromatic carbocycles. The standard InChI is InChI=1S/C22H27N3O4/c1-3-28-21(26)13-15(17-7-5-11-23-17)19-9-10-20(25-19)16(14-22(27)29-4-2)18-8-6-12-24-18/h5-12,15-16,23-25H,3-4,13-14H2,1-2H3. The lowest BCUT2D eigenvalue weighted by Gasteiger charge is -2.16. The molecule has 7 nitrogen and oxygen atoms in total. The lowest BCUT2D eigenvalue weighted by molar-refractivity contribution is -0.144. The first kappa shape index (κ1) is 20.5. The number of rotatable bonds is 10. The molecule has 0 bridgehead atoms. The summed E-state index contributed by atoms with van der Waals surface area (Å²) < 4.78 is 10.3. The van der Waals surface area contributed by atoms with Crippen LogP contribution in [0.5, 0.6) is 0 Å². The van der Waals surface area contributed by atoms with Crippen LogP contribution >= 0.6 is 0 Å². The van der Waals surface area contributed by atoms with Crippen molar-refractivity contribution < 1.29 is 19.1 Å². The van der Waals surface area contributed by atoms with Crippen molar-refractivity contribution in [3.05, 3.63) is 71.6 Å². The largest absolute Gasteiger partial charge is 0.466 e. The van der Waals surface area contributed by atoms with E-state index in [1.807, 2.05) is 48.8 Å². The number of H-pyrrole nitrogens is 3. The molecule has 2 unspecified atom stereocenters. The van der Waals surface area contributed by atoms with Crippen LogP contribution in [0.3, 0.4) is 0 Å². The summed E-state index contributed by atoms with van der Waals surface area (Å²) in [6.45, 7) is 4.29. The van der Waals surface area contributed by atoms with Gasteiger partial charge in [0.25, 0.3) is 0 Å². The van der Waals surface area contributed by atoms with Crippen molar-refractivity contribution in [3.63, 3.8) is 0 Å². The summed E-state index contributed by atoms with van der Waals surface area (Å²) in [4.78, 5) is 34.1. The van der Waals surface area contributed by atoms with Gasteiger partial charge in [-0.15, -0.1) is 0 Å². The summed E-state index contributed by atoms with van der Waals surface area (Å²) in [5.41, 5.74) is 3.62. The molecule has 0 aliphatic rings. The second kappa shape index (κ2) is 9.82. The maximum Gasteiger partial charge on any atom is 0.306 e. The average Bonchev–Trinajstić information content (AvgIpc) is 3.48. The Labute approximate surface area is 169 Å². The van der Waals surface area contributed by atoms with Crippen LogP contribution in [0.2, 0.25) is 0 Å². The number of aromatic nitrogens is 3. The monoisotopic (exact) mass is 397 g/mol. The third-order valence-electron chi connectivity index (χ3n) is 4.83.